The summed E-state index contributed by atoms with van der Waals surface area (Å²) in [5.74, 6) is -0.957. The summed E-state index contributed by atoms with van der Waals surface area (Å²) >= 11 is 0. The summed E-state index contributed by atoms with van der Waals surface area (Å²) in [6, 6.07) is 5.61. The van der Waals surface area contributed by atoms with Crippen molar-refractivity contribution in [1.82, 2.24) is 14.9 Å². The van der Waals surface area contributed by atoms with Gasteiger partial charge in [0.05, 0.1) is 17.8 Å². The molecule has 9 heteroatoms. The van der Waals surface area contributed by atoms with Crippen LogP contribution in [0.15, 0.2) is 33.5 Å². The van der Waals surface area contributed by atoms with E-state index in [1.165, 1.54) is 0 Å². The van der Waals surface area contributed by atoms with Gasteiger partial charge < -0.3 is 24.8 Å². The van der Waals surface area contributed by atoms with Crippen LogP contribution < -0.4 is 16.6 Å². The smallest absolute Gasteiger partial charge is 0.281 e. The van der Waals surface area contributed by atoms with Crippen LogP contribution in [0.25, 0.3) is 33.1 Å². The van der Waals surface area contributed by atoms with E-state index in [2.05, 4.69) is 10.3 Å². The highest BCUT2D eigenvalue weighted by Crippen LogP contribution is 2.41. The van der Waals surface area contributed by atoms with Gasteiger partial charge in [0.25, 0.3) is 5.56 Å². The number of fused-ring (bicyclic) bond motifs is 3. The van der Waals surface area contributed by atoms with E-state index in [-0.39, 0.29) is 41.9 Å². The normalized spacial score (nSPS) is 18.4. The molecule has 0 spiro atoms. The van der Waals surface area contributed by atoms with Gasteiger partial charge in [0.2, 0.25) is 5.89 Å². The number of aryl methyl sites for hydroxylation is 1. The van der Waals surface area contributed by atoms with Gasteiger partial charge in [-0.25, -0.2) is 13.8 Å². The maximum absolute atomic E-state index is 14.7. The molecular formula is C25H26F2N4O3. The fourth-order valence-electron chi connectivity index (χ4n) is 4.68. The van der Waals surface area contributed by atoms with E-state index in [0.29, 0.717) is 46.7 Å². The lowest BCUT2D eigenvalue weighted by Gasteiger charge is -2.20. The molecule has 1 saturated heterocycles. The fourth-order valence-corrected chi connectivity index (χ4v) is 4.68. The van der Waals surface area contributed by atoms with Gasteiger partial charge >= 0.3 is 0 Å². The first-order valence-corrected chi connectivity index (χ1v) is 11.0. The minimum Gasteiger partial charge on any atom is -0.437 e. The molecule has 2 aromatic carbocycles. The molecule has 6 rings (SSSR count). The molecule has 1 atom stereocenters. The molecule has 34 heavy (non-hydrogen) atoms. The lowest BCUT2D eigenvalue weighted by Crippen LogP contribution is -2.33. The number of hydrogen-bond acceptors (Lipinski definition) is 6. The van der Waals surface area contributed by atoms with Crippen molar-refractivity contribution >= 4 is 27.7 Å². The van der Waals surface area contributed by atoms with Gasteiger partial charge in [-0.3, -0.25) is 4.79 Å². The van der Waals surface area contributed by atoms with Crippen LogP contribution in [0.4, 0.5) is 14.5 Å². The molecule has 2 aromatic heterocycles. The van der Waals surface area contributed by atoms with Crippen molar-refractivity contribution in [3.63, 3.8) is 0 Å². The minimum absolute atomic E-state index is 0. The van der Waals surface area contributed by atoms with E-state index in [0.717, 1.165) is 31.5 Å². The summed E-state index contributed by atoms with van der Waals surface area (Å²) in [7, 11) is 0. The fraction of sp³-hybridized carbons (Fsp3) is 0.360. The van der Waals surface area contributed by atoms with E-state index < -0.39 is 11.6 Å². The maximum atomic E-state index is 14.7. The largest absolute Gasteiger partial charge is 0.437 e. The maximum Gasteiger partial charge on any atom is 0.281 e. The Morgan fingerprint density at radius 1 is 1.18 bits per heavy atom. The number of oxazole rings is 1. The van der Waals surface area contributed by atoms with Gasteiger partial charge in [0.15, 0.2) is 11.1 Å². The average Bonchev–Trinajstić information content (AvgIpc) is 3.54. The number of nitrogen functional groups attached to an aromatic ring is 1. The van der Waals surface area contributed by atoms with E-state index in [9.17, 15) is 13.6 Å². The number of halogens is 2. The third kappa shape index (κ3) is 3.38. The number of benzene rings is 2. The second-order valence-electron chi connectivity index (χ2n) is 8.69. The summed E-state index contributed by atoms with van der Waals surface area (Å²) in [6.07, 6.45) is 1.37. The van der Waals surface area contributed by atoms with Crippen molar-refractivity contribution in [3.05, 3.63) is 57.7 Å². The van der Waals surface area contributed by atoms with Crippen molar-refractivity contribution in [2.45, 2.75) is 39.3 Å². The topological polar surface area (TPSA) is 95.3 Å². The molecule has 0 unspecified atom stereocenters. The molecule has 0 bridgehead atoms. The summed E-state index contributed by atoms with van der Waals surface area (Å²) in [5, 5.41) is 3.94. The molecule has 3 heterocycles. The number of pyridine rings is 1. The van der Waals surface area contributed by atoms with Crippen molar-refractivity contribution in [3.8, 4) is 11.1 Å². The number of anilines is 1. The average molecular weight is 469 g/mol. The van der Waals surface area contributed by atoms with Crippen molar-refractivity contribution in [2.24, 2.45) is 0 Å². The molecule has 178 valence electrons. The molecule has 2 aliphatic rings. The van der Waals surface area contributed by atoms with Gasteiger partial charge in [0.1, 0.15) is 17.7 Å². The summed E-state index contributed by atoms with van der Waals surface area (Å²) in [4.78, 5) is 18.0. The first-order valence-electron chi connectivity index (χ1n) is 11.0. The Kier molecular flexibility index (Phi) is 5.41. The number of ether oxygens (including phenoxy) is 1. The Morgan fingerprint density at radius 2 is 1.97 bits per heavy atom. The highest BCUT2D eigenvalue weighted by Gasteiger charge is 2.31. The number of aromatic nitrogens is 2. The summed E-state index contributed by atoms with van der Waals surface area (Å²) in [5.41, 5.74) is 7.56. The van der Waals surface area contributed by atoms with Crippen molar-refractivity contribution in [1.29, 1.82) is 0 Å². The SMILES string of the molecule is C.Cc1c(-c2cc(F)c(N)cc2F)ccc2c3oc([C@@H]4CNCCO4)nc3c(=O)n(C3CC3)c12. The molecule has 4 aromatic rings. The molecule has 0 amide bonds. The minimum atomic E-state index is -0.693. The first-order chi connectivity index (χ1) is 15.9. The Hall–Kier alpha value is -3.30. The van der Waals surface area contributed by atoms with Crippen LogP contribution in [0.5, 0.6) is 0 Å². The van der Waals surface area contributed by atoms with Crippen LogP contribution in [0.1, 0.15) is 43.9 Å². The summed E-state index contributed by atoms with van der Waals surface area (Å²) in [6.45, 7) is 3.63. The van der Waals surface area contributed by atoms with Crippen molar-refractivity contribution in [2.75, 3.05) is 25.4 Å². The van der Waals surface area contributed by atoms with Crippen LogP contribution >= 0.6 is 0 Å². The van der Waals surface area contributed by atoms with Gasteiger partial charge in [-0.15, -0.1) is 0 Å². The van der Waals surface area contributed by atoms with Crippen LogP contribution in [-0.4, -0.2) is 29.2 Å². The van der Waals surface area contributed by atoms with E-state index in [1.807, 2.05) is 0 Å². The van der Waals surface area contributed by atoms with Gasteiger partial charge in [0, 0.05) is 36.1 Å². The van der Waals surface area contributed by atoms with Crippen LogP contribution in [0.2, 0.25) is 0 Å². The standard InChI is InChI=1S/C24H22F2N4O3.CH4/c1-11-13(15-8-17(26)18(27)9-16(15)25)4-5-14-21(11)30(12-2-3-12)24(31)20-22(14)33-23(29-20)19-10-28-6-7-32-19;/h4-5,8-9,12,19,28H,2-3,6-7,10,27H2,1H3;1H4/t19-;/m0./s1. The zero-order valence-corrected chi connectivity index (χ0v) is 18.0. The molecular weight excluding hydrogens is 442 g/mol. The lowest BCUT2D eigenvalue weighted by atomic mass is 9.96. The number of nitrogens with two attached hydrogens (primary N) is 1. The second-order valence-corrected chi connectivity index (χ2v) is 8.69. The first kappa shape index (κ1) is 22.5. The van der Waals surface area contributed by atoms with Crippen LogP contribution in [-0.2, 0) is 4.74 Å². The third-order valence-electron chi connectivity index (χ3n) is 6.47. The number of nitrogens with one attached hydrogen (secondary N) is 1. The Bertz CT molecular complexity index is 1480. The Labute approximate surface area is 194 Å². The molecule has 0 radical (unpaired) electrons. The summed E-state index contributed by atoms with van der Waals surface area (Å²) < 4.78 is 42.5. The predicted octanol–water partition coefficient (Wildman–Crippen LogP) is 4.61. The van der Waals surface area contributed by atoms with Crippen LogP contribution in [0, 0.1) is 18.6 Å². The van der Waals surface area contributed by atoms with Crippen LogP contribution in [0.3, 0.4) is 0 Å². The monoisotopic (exact) mass is 468 g/mol. The van der Waals surface area contributed by atoms with Gasteiger partial charge in [-0.1, -0.05) is 13.5 Å². The molecule has 7 nitrogen and oxygen atoms in total. The number of morpholine rings is 1. The lowest BCUT2D eigenvalue weighted by molar-refractivity contribution is 0.0119. The van der Waals surface area contributed by atoms with Crippen molar-refractivity contribution < 1.29 is 17.9 Å². The molecule has 1 saturated carbocycles. The number of hydrogen-bond donors (Lipinski definition) is 2. The molecule has 1 aliphatic carbocycles. The predicted molar refractivity (Wildman–Crippen MR) is 127 cm³/mol. The van der Waals surface area contributed by atoms with E-state index >= 15 is 0 Å². The number of nitrogens with zero attached hydrogens (tertiary/aromatic N) is 2. The highest BCUT2D eigenvalue weighted by molar-refractivity contribution is 6.04. The Morgan fingerprint density at radius 3 is 2.68 bits per heavy atom. The molecule has 3 N–H and O–H groups in total. The number of rotatable bonds is 3. The Balaban J connectivity index is 0.00000241. The second kappa shape index (κ2) is 8.18. The zero-order chi connectivity index (χ0) is 22.9. The highest BCUT2D eigenvalue weighted by atomic mass is 19.1. The van der Waals surface area contributed by atoms with Gasteiger partial charge in [-0.2, -0.15) is 0 Å². The zero-order valence-electron chi connectivity index (χ0n) is 18.0. The molecule has 1 aliphatic heterocycles. The molecule has 2 fully saturated rings. The van der Waals surface area contributed by atoms with E-state index in [4.69, 9.17) is 14.9 Å². The van der Waals surface area contributed by atoms with Gasteiger partial charge in [-0.05, 0) is 43.0 Å². The third-order valence-corrected chi connectivity index (χ3v) is 6.47. The quantitative estimate of drug-likeness (QED) is 0.427. The van der Waals surface area contributed by atoms with E-state index in [1.54, 1.807) is 23.6 Å².